The van der Waals surface area contributed by atoms with Crippen LogP contribution in [0.1, 0.15) is 19.3 Å². The van der Waals surface area contributed by atoms with Crippen LogP contribution in [0.3, 0.4) is 0 Å². The maximum atomic E-state index is 12.1. The summed E-state index contributed by atoms with van der Waals surface area (Å²) in [4.78, 5) is 6.71. The van der Waals surface area contributed by atoms with Crippen LogP contribution in [0, 0.1) is 0 Å². The fraction of sp³-hybridized carbons (Fsp3) is 0.545. The maximum Gasteiger partial charge on any atom is 0.244 e. The lowest BCUT2D eigenvalue weighted by molar-refractivity contribution is 0.454. The van der Waals surface area contributed by atoms with Gasteiger partial charge in [-0.05, 0) is 31.4 Å². The molecule has 0 unspecified atom stereocenters. The SMILES string of the molecule is O=S1(=O)NC[C@@H]2CCCCN2c2ncccc21. The monoisotopic (exact) mass is 253 g/mol. The van der Waals surface area contributed by atoms with Gasteiger partial charge in [-0.25, -0.2) is 18.1 Å². The number of hydrogen-bond donors (Lipinski definition) is 1. The third-order valence-electron chi connectivity index (χ3n) is 3.45. The Kier molecular flexibility index (Phi) is 2.56. The van der Waals surface area contributed by atoms with E-state index in [0.717, 1.165) is 25.8 Å². The molecule has 6 heteroatoms. The second kappa shape index (κ2) is 3.96. The zero-order valence-corrected chi connectivity index (χ0v) is 10.3. The average Bonchev–Trinajstić information content (AvgIpc) is 2.47. The van der Waals surface area contributed by atoms with Crippen molar-refractivity contribution in [2.45, 2.75) is 30.2 Å². The fourth-order valence-electron chi connectivity index (χ4n) is 2.58. The molecule has 1 atom stereocenters. The van der Waals surface area contributed by atoms with E-state index < -0.39 is 10.0 Å². The highest BCUT2D eigenvalue weighted by atomic mass is 32.2. The summed E-state index contributed by atoms with van der Waals surface area (Å²) in [6.07, 6.45) is 4.95. The van der Waals surface area contributed by atoms with Crippen molar-refractivity contribution in [3.05, 3.63) is 18.3 Å². The van der Waals surface area contributed by atoms with Crippen molar-refractivity contribution in [1.82, 2.24) is 9.71 Å². The van der Waals surface area contributed by atoms with Crippen molar-refractivity contribution in [3.63, 3.8) is 0 Å². The van der Waals surface area contributed by atoms with E-state index in [1.165, 1.54) is 0 Å². The lowest BCUT2D eigenvalue weighted by atomic mass is 10.0. The molecule has 2 aliphatic rings. The van der Waals surface area contributed by atoms with Crippen molar-refractivity contribution in [2.75, 3.05) is 18.0 Å². The molecule has 0 amide bonds. The Morgan fingerprint density at radius 1 is 1.41 bits per heavy atom. The van der Waals surface area contributed by atoms with E-state index in [1.54, 1.807) is 18.3 Å². The largest absolute Gasteiger partial charge is 0.351 e. The molecule has 2 aliphatic heterocycles. The Morgan fingerprint density at radius 3 is 3.18 bits per heavy atom. The number of piperidine rings is 1. The second-order valence-electron chi connectivity index (χ2n) is 4.52. The molecule has 1 fully saturated rings. The molecule has 3 rings (SSSR count). The first-order chi connectivity index (χ1) is 8.18. The normalized spacial score (nSPS) is 26.8. The molecule has 0 saturated carbocycles. The van der Waals surface area contributed by atoms with E-state index in [2.05, 4.69) is 14.6 Å². The summed E-state index contributed by atoms with van der Waals surface area (Å²) in [6, 6.07) is 3.54. The van der Waals surface area contributed by atoms with Crippen LogP contribution >= 0.6 is 0 Å². The Morgan fingerprint density at radius 2 is 2.29 bits per heavy atom. The third kappa shape index (κ3) is 1.81. The van der Waals surface area contributed by atoms with Gasteiger partial charge in [0.15, 0.2) is 0 Å². The maximum absolute atomic E-state index is 12.1. The number of sulfonamides is 1. The highest BCUT2D eigenvalue weighted by Crippen LogP contribution is 2.30. The number of nitrogens with zero attached hydrogens (tertiary/aromatic N) is 2. The molecular weight excluding hydrogens is 238 g/mol. The number of hydrogen-bond acceptors (Lipinski definition) is 4. The summed E-state index contributed by atoms with van der Waals surface area (Å²) in [7, 11) is -3.39. The predicted molar refractivity (Wildman–Crippen MR) is 64.4 cm³/mol. The molecule has 17 heavy (non-hydrogen) atoms. The first kappa shape index (κ1) is 11.0. The van der Waals surface area contributed by atoms with Crippen LogP contribution < -0.4 is 9.62 Å². The van der Waals surface area contributed by atoms with Crippen LogP contribution in [0.2, 0.25) is 0 Å². The van der Waals surface area contributed by atoms with Gasteiger partial charge in [-0.3, -0.25) is 0 Å². The molecule has 0 spiro atoms. The summed E-state index contributed by atoms with van der Waals surface area (Å²) >= 11 is 0. The second-order valence-corrected chi connectivity index (χ2v) is 6.26. The van der Waals surface area contributed by atoms with E-state index in [1.807, 2.05) is 0 Å². The number of pyridine rings is 1. The van der Waals surface area contributed by atoms with E-state index in [-0.39, 0.29) is 6.04 Å². The molecule has 92 valence electrons. The van der Waals surface area contributed by atoms with E-state index in [4.69, 9.17) is 0 Å². The third-order valence-corrected chi connectivity index (χ3v) is 4.89. The Bertz CT molecular complexity index is 529. The quantitative estimate of drug-likeness (QED) is 0.740. The van der Waals surface area contributed by atoms with Crippen LogP contribution in [0.15, 0.2) is 23.2 Å². The average molecular weight is 253 g/mol. The van der Waals surface area contributed by atoms with Crippen LogP contribution in [-0.2, 0) is 10.0 Å². The van der Waals surface area contributed by atoms with Gasteiger partial charge in [0.05, 0.1) is 0 Å². The number of rotatable bonds is 0. The Hall–Kier alpha value is -1.14. The highest BCUT2D eigenvalue weighted by molar-refractivity contribution is 7.89. The zero-order chi connectivity index (χ0) is 11.9. The van der Waals surface area contributed by atoms with E-state index in [9.17, 15) is 8.42 Å². The summed E-state index contributed by atoms with van der Waals surface area (Å²) in [5.74, 6) is 0.613. The summed E-state index contributed by atoms with van der Waals surface area (Å²) in [5.41, 5.74) is 0. The molecule has 0 radical (unpaired) electrons. The molecule has 1 N–H and O–H groups in total. The zero-order valence-electron chi connectivity index (χ0n) is 9.46. The summed E-state index contributed by atoms with van der Waals surface area (Å²) in [6.45, 7) is 1.38. The number of nitrogens with one attached hydrogen (secondary N) is 1. The van der Waals surface area contributed by atoms with Crippen LogP contribution in [-0.4, -0.2) is 32.5 Å². The number of aromatic nitrogens is 1. The number of anilines is 1. The van der Waals surface area contributed by atoms with Gasteiger partial charge >= 0.3 is 0 Å². The summed E-state index contributed by atoms with van der Waals surface area (Å²) < 4.78 is 26.8. The minimum Gasteiger partial charge on any atom is -0.351 e. The van der Waals surface area contributed by atoms with E-state index >= 15 is 0 Å². The summed E-state index contributed by atoms with van der Waals surface area (Å²) in [5, 5.41) is 0. The van der Waals surface area contributed by atoms with Crippen LogP contribution in [0.4, 0.5) is 5.82 Å². The molecule has 1 aromatic heterocycles. The minimum absolute atomic E-state index is 0.245. The van der Waals surface area contributed by atoms with Crippen molar-refractivity contribution in [2.24, 2.45) is 0 Å². The van der Waals surface area contributed by atoms with Gasteiger partial charge in [0.25, 0.3) is 0 Å². The molecule has 1 saturated heterocycles. The van der Waals surface area contributed by atoms with Crippen molar-refractivity contribution in [1.29, 1.82) is 0 Å². The highest BCUT2D eigenvalue weighted by Gasteiger charge is 2.33. The molecule has 0 aromatic carbocycles. The van der Waals surface area contributed by atoms with Gasteiger partial charge in [-0.2, -0.15) is 0 Å². The smallest absolute Gasteiger partial charge is 0.244 e. The van der Waals surface area contributed by atoms with Gasteiger partial charge in [0.1, 0.15) is 10.7 Å². The van der Waals surface area contributed by atoms with Gasteiger partial charge in [0.2, 0.25) is 10.0 Å². The first-order valence-electron chi connectivity index (χ1n) is 5.90. The van der Waals surface area contributed by atoms with E-state index in [0.29, 0.717) is 17.3 Å². The van der Waals surface area contributed by atoms with Crippen LogP contribution in [0.5, 0.6) is 0 Å². The first-order valence-corrected chi connectivity index (χ1v) is 7.38. The topological polar surface area (TPSA) is 62.3 Å². The lowest BCUT2D eigenvalue weighted by Gasteiger charge is -2.35. The van der Waals surface area contributed by atoms with Gasteiger partial charge < -0.3 is 4.90 Å². The fourth-order valence-corrected chi connectivity index (χ4v) is 3.82. The van der Waals surface area contributed by atoms with Gasteiger partial charge in [-0.15, -0.1) is 0 Å². The molecular formula is C11H15N3O2S. The van der Waals surface area contributed by atoms with Gasteiger partial charge in [0, 0.05) is 25.3 Å². The lowest BCUT2D eigenvalue weighted by Crippen LogP contribution is -2.44. The minimum atomic E-state index is -3.39. The Labute approximate surface area is 101 Å². The standard InChI is InChI=1S/C11H15N3O2S/c15-17(16)10-5-3-6-12-11(10)14-7-2-1-4-9(14)8-13-17/h3,5-6,9,13H,1-2,4,7-8H2/t9-/m0/s1. The van der Waals surface area contributed by atoms with Crippen molar-refractivity contribution in [3.8, 4) is 0 Å². The predicted octanol–water partition coefficient (Wildman–Crippen LogP) is 0.732. The molecule has 3 heterocycles. The van der Waals surface area contributed by atoms with Gasteiger partial charge in [-0.1, -0.05) is 0 Å². The molecule has 0 aliphatic carbocycles. The van der Waals surface area contributed by atoms with Crippen molar-refractivity contribution >= 4 is 15.8 Å². The molecule has 0 bridgehead atoms. The Balaban J connectivity index is 2.15. The molecule has 1 aromatic rings. The number of fused-ring (bicyclic) bond motifs is 3. The van der Waals surface area contributed by atoms with Crippen LogP contribution in [0.25, 0.3) is 0 Å². The van der Waals surface area contributed by atoms with Crippen molar-refractivity contribution < 1.29 is 8.42 Å². The molecule has 5 nitrogen and oxygen atoms in total.